The lowest BCUT2D eigenvalue weighted by Crippen LogP contribution is -2.08. The quantitative estimate of drug-likeness (QED) is 0.754. The van der Waals surface area contributed by atoms with Crippen LogP contribution in [0.5, 0.6) is 0 Å². The fourth-order valence-corrected chi connectivity index (χ4v) is 1.02. The van der Waals surface area contributed by atoms with Gasteiger partial charge >= 0.3 is 5.97 Å². The average molecular weight is 220 g/mol. The lowest BCUT2D eigenvalue weighted by atomic mass is 10.1. The maximum Gasteiger partial charge on any atom is 0.307 e. The highest BCUT2D eigenvalue weighted by atomic mass is 19.3. The van der Waals surface area contributed by atoms with Crippen molar-refractivity contribution < 1.29 is 23.1 Å². The van der Waals surface area contributed by atoms with Gasteiger partial charge in [-0.2, -0.15) is 4.39 Å². The minimum absolute atomic E-state index is 0.203. The highest BCUT2D eigenvalue weighted by Crippen LogP contribution is 2.23. The summed E-state index contributed by atoms with van der Waals surface area (Å²) in [5, 5.41) is 8.43. The third kappa shape index (κ3) is 2.58. The Balaban J connectivity index is 3.18. The van der Waals surface area contributed by atoms with Gasteiger partial charge in [-0.3, -0.25) is 4.79 Å². The summed E-state index contributed by atoms with van der Waals surface area (Å²) in [6, 6.07) is 0.789. The second kappa shape index (κ2) is 4.16. The molecule has 0 atom stereocenters. The molecule has 7 heteroatoms. The summed E-state index contributed by atoms with van der Waals surface area (Å²) in [5.74, 6) is -2.56. The standard InChI is InChI=1S/C8H7F3N2O2/c9-7(10)4-1-3(2-5(14)15)6(12)8(11)13-4/h1,7H,2,12H2,(H,14,15). The van der Waals surface area contributed by atoms with Crippen LogP contribution in [0.4, 0.5) is 18.9 Å². The molecule has 0 radical (unpaired) electrons. The summed E-state index contributed by atoms with van der Waals surface area (Å²) in [6.07, 6.45) is -3.59. The fourth-order valence-electron chi connectivity index (χ4n) is 1.02. The second-order valence-electron chi connectivity index (χ2n) is 2.78. The molecule has 1 heterocycles. The number of aliphatic carboxylic acids is 1. The molecule has 4 nitrogen and oxygen atoms in total. The summed E-state index contributed by atoms with van der Waals surface area (Å²) in [4.78, 5) is 13.2. The van der Waals surface area contributed by atoms with Crippen molar-refractivity contribution in [3.8, 4) is 0 Å². The van der Waals surface area contributed by atoms with Crippen LogP contribution in [0.3, 0.4) is 0 Å². The number of carboxylic acid groups (broad SMARTS) is 1. The highest BCUT2D eigenvalue weighted by Gasteiger charge is 2.17. The van der Waals surface area contributed by atoms with Gasteiger partial charge in [0.1, 0.15) is 5.69 Å². The van der Waals surface area contributed by atoms with Gasteiger partial charge in [-0.15, -0.1) is 0 Å². The molecule has 0 saturated heterocycles. The van der Waals surface area contributed by atoms with Crippen molar-refractivity contribution >= 4 is 11.7 Å². The molecule has 1 aromatic heterocycles. The molecular formula is C8H7F3N2O2. The molecule has 1 aromatic rings. The Morgan fingerprint density at radius 3 is 2.67 bits per heavy atom. The van der Waals surface area contributed by atoms with Crippen LogP contribution in [0.15, 0.2) is 6.07 Å². The van der Waals surface area contributed by atoms with Gasteiger partial charge in [0.05, 0.1) is 12.1 Å². The minimum atomic E-state index is -2.97. The predicted molar refractivity (Wildman–Crippen MR) is 44.9 cm³/mol. The van der Waals surface area contributed by atoms with E-state index in [2.05, 4.69) is 4.98 Å². The van der Waals surface area contributed by atoms with E-state index < -0.39 is 36.1 Å². The monoisotopic (exact) mass is 220 g/mol. The molecule has 0 amide bonds. The molecule has 0 unspecified atom stereocenters. The molecule has 0 aromatic carbocycles. The largest absolute Gasteiger partial charge is 0.481 e. The number of nitrogens with zero attached hydrogens (tertiary/aromatic N) is 1. The number of carbonyl (C=O) groups is 1. The van der Waals surface area contributed by atoms with Crippen molar-refractivity contribution in [1.82, 2.24) is 4.98 Å². The SMILES string of the molecule is Nc1c(CC(=O)O)cc(C(F)F)nc1F. The second-order valence-corrected chi connectivity index (χ2v) is 2.78. The van der Waals surface area contributed by atoms with Crippen molar-refractivity contribution in [3.63, 3.8) is 0 Å². The molecule has 0 bridgehead atoms. The number of halogens is 3. The minimum Gasteiger partial charge on any atom is -0.481 e. The van der Waals surface area contributed by atoms with Gasteiger partial charge in [0.25, 0.3) is 6.43 Å². The van der Waals surface area contributed by atoms with Crippen molar-refractivity contribution in [1.29, 1.82) is 0 Å². The summed E-state index contributed by atoms with van der Waals surface area (Å²) in [7, 11) is 0. The first-order valence-corrected chi connectivity index (χ1v) is 3.86. The fraction of sp³-hybridized carbons (Fsp3) is 0.250. The van der Waals surface area contributed by atoms with E-state index in [1.54, 1.807) is 0 Å². The number of rotatable bonds is 3. The lowest BCUT2D eigenvalue weighted by molar-refractivity contribution is -0.136. The Hall–Kier alpha value is -1.79. The van der Waals surface area contributed by atoms with Gasteiger partial charge in [-0.05, 0) is 11.6 Å². The number of anilines is 1. The maximum absolute atomic E-state index is 12.9. The Labute approximate surface area is 82.5 Å². The van der Waals surface area contributed by atoms with Crippen LogP contribution in [-0.2, 0) is 11.2 Å². The first-order valence-electron chi connectivity index (χ1n) is 3.86. The van der Waals surface area contributed by atoms with Gasteiger partial charge < -0.3 is 10.8 Å². The first-order chi connectivity index (χ1) is 6.91. The van der Waals surface area contributed by atoms with Gasteiger partial charge in [-0.1, -0.05) is 0 Å². The van der Waals surface area contributed by atoms with E-state index in [9.17, 15) is 18.0 Å². The van der Waals surface area contributed by atoms with E-state index in [4.69, 9.17) is 10.8 Å². The topological polar surface area (TPSA) is 76.2 Å². The van der Waals surface area contributed by atoms with Crippen LogP contribution in [0, 0.1) is 5.95 Å². The van der Waals surface area contributed by atoms with E-state index in [-0.39, 0.29) is 5.56 Å². The Morgan fingerprint density at radius 2 is 2.20 bits per heavy atom. The molecular weight excluding hydrogens is 213 g/mol. The van der Waals surface area contributed by atoms with Gasteiger partial charge in [-0.25, -0.2) is 13.8 Å². The number of aromatic nitrogens is 1. The number of hydrogen-bond donors (Lipinski definition) is 2. The van der Waals surface area contributed by atoms with E-state index in [1.165, 1.54) is 0 Å². The summed E-state index contributed by atoms with van der Waals surface area (Å²) < 4.78 is 37.2. The molecule has 0 spiro atoms. The van der Waals surface area contributed by atoms with Crippen molar-refractivity contribution in [3.05, 3.63) is 23.3 Å². The zero-order chi connectivity index (χ0) is 11.6. The van der Waals surface area contributed by atoms with E-state index >= 15 is 0 Å². The normalized spacial score (nSPS) is 10.7. The van der Waals surface area contributed by atoms with Crippen molar-refractivity contribution in [2.45, 2.75) is 12.8 Å². The average Bonchev–Trinajstić information content (AvgIpc) is 2.11. The van der Waals surface area contributed by atoms with E-state index in [0.29, 0.717) is 0 Å². The van der Waals surface area contributed by atoms with Crippen LogP contribution in [0.1, 0.15) is 17.7 Å². The number of nitrogens with two attached hydrogens (primary N) is 1. The predicted octanol–water partition coefficient (Wildman–Crippen LogP) is 1.37. The maximum atomic E-state index is 12.9. The highest BCUT2D eigenvalue weighted by molar-refractivity contribution is 5.72. The third-order valence-corrected chi connectivity index (χ3v) is 1.68. The van der Waals surface area contributed by atoms with Crippen molar-refractivity contribution in [2.24, 2.45) is 0 Å². The molecule has 0 fully saturated rings. The van der Waals surface area contributed by atoms with Crippen LogP contribution in [-0.4, -0.2) is 16.1 Å². The Kier molecular flexibility index (Phi) is 3.13. The molecule has 0 aliphatic heterocycles. The summed E-state index contributed by atoms with van der Waals surface area (Å²) in [5.41, 5.74) is 3.62. The van der Waals surface area contributed by atoms with E-state index in [0.717, 1.165) is 6.07 Å². The zero-order valence-corrected chi connectivity index (χ0v) is 7.38. The molecule has 82 valence electrons. The molecule has 0 aliphatic rings. The number of carboxylic acids is 1. The number of pyridine rings is 1. The summed E-state index contributed by atoms with van der Waals surface area (Å²) in [6.45, 7) is 0. The zero-order valence-electron chi connectivity index (χ0n) is 7.38. The first kappa shape index (κ1) is 11.3. The van der Waals surface area contributed by atoms with Crippen LogP contribution in [0.25, 0.3) is 0 Å². The number of alkyl halides is 2. The van der Waals surface area contributed by atoms with Crippen LogP contribution >= 0.6 is 0 Å². The lowest BCUT2D eigenvalue weighted by Gasteiger charge is -2.06. The number of nitrogen functional groups attached to an aromatic ring is 1. The molecule has 3 N–H and O–H groups in total. The van der Waals surface area contributed by atoms with Gasteiger partial charge in [0.2, 0.25) is 5.95 Å². The molecule has 0 aliphatic carbocycles. The Bertz CT molecular complexity index is 396. The molecule has 0 saturated carbocycles. The van der Waals surface area contributed by atoms with Crippen LogP contribution < -0.4 is 5.73 Å². The van der Waals surface area contributed by atoms with Gasteiger partial charge in [0, 0.05) is 0 Å². The van der Waals surface area contributed by atoms with Crippen molar-refractivity contribution in [2.75, 3.05) is 5.73 Å². The van der Waals surface area contributed by atoms with Gasteiger partial charge in [0.15, 0.2) is 0 Å². The molecule has 15 heavy (non-hydrogen) atoms. The van der Waals surface area contributed by atoms with E-state index in [1.807, 2.05) is 0 Å². The number of hydrogen-bond acceptors (Lipinski definition) is 3. The third-order valence-electron chi connectivity index (χ3n) is 1.68. The smallest absolute Gasteiger partial charge is 0.307 e. The van der Waals surface area contributed by atoms with Crippen LogP contribution in [0.2, 0.25) is 0 Å². The summed E-state index contributed by atoms with van der Waals surface area (Å²) >= 11 is 0. The Morgan fingerprint density at radius 1 is 1.60 bits per heavy atom. The molecule has 1 rings (SSSR count).